The first-order valence-corrected chi connectivity index (χ1v) is 8.48. The van der Waals surface area contributed by atoms with Crippen LogP contribution in [-0.2, 0) is 17.6 Å². The predicted octanol–water partition coefficient (Wildman–Crippen LogP) is 3.22. The largest absolute Gasteiger partial charge is 0.373 e. The van der Waals surface area contributed by atoms with Crippen LogP contribution >= 0.6 is 0 Å². The molecule has 0 saturated carbocycles. The Bertz CT molecular complexity index is 799. The number of carbonyl (C=O) groups excluding carboxylic acids is 1. The number of fused-ring (bicyclic) bond motifs is 1. The van der Waals surface area contributed by atoms with Crippen LogP contribution in [0.5, 0.6) is 0 Å². The normalized spacial score (nSPS) is 16.6. The van der Waals surface area contributed by atoms with E-state index in [4.69, 9.17) is 5.73 Å². The van der Waals surface area contributed by atoms with Gasteiger partial charge in [0.2, 0.25) is 5.91 Å². The molecule has 1 atom stereocenters. The highest BCUT2D eigenvalue weighted by atomic mass is 19.1. The Morgan fingerprint density at radius 1 is 1.28 bits per heavy atom. The van der Waals surface area contributed by atoms with Crippen LogP contribution in [0, 0.1) is 5.82 Å². The smallest absolute Gasteiger partial charge is 0.224 e. The minimum absolute atomic E-state index is 0.197. The Morgan fingerprint density at radius 3 is 2.76 bits per heavy atom. The molecule has 130 valence electrons. The lowest BCUT2D eigenvalue weighted by Gasteiger charge is -2.09. The Morgan fingerprint density at radius 2 is 2.04 bits per heavy atom. The highest BCUT2D eigenvalue weighted by Gasteiger charge is 2.26. The molecule has 0 radical (unpaired) electrons. The summed E-state index contributed by atoms with van der Waals surface area (Å²) in [4.78, 5) is 16.1. The molecular weight excluding hydrogens is 317 g/mol. The zero-order chi connectivity index (χ0) is 17.8. The van der Waals surface area contributed by atoms with Gasteiger partial charge in [0.25, 0.3) is 0 Å². The van der Waals surface area contributed by atoms with Crippen molar-refractivity contribution in [2.45, 2.75) is 32.1 Å². The average molecular weight is 339 g/mol. The number of amides is 1. The van der Waals surface area contributed by atoms with E-state index in [1.807, 2.05) is 25.1 Å². The lowest BCUT2D eigenvalue weighted by Crippen LogP contribution is -2.22. The number of halogens is 1. The number of nitrogens with two attached hydrogens (primary N) is 1. The van der Waals surface area contributed by atoms with E-state index >= 15 is 0 Å². The molecule has 0 aliphatic heterocycles. The fourth-order valence-corrected chi connectivity index (χ4v) is 3.23. The number of aliphatic imine (C=N–C) groups is 1. The first kappa shape index (κ1) is 17.1. The molecule has 1 aliphatic rings. The molecule has 3 rings (SSSR count). The third kappa shape index (κ3) is 4.24. The van der Waals surface area contributed by atoms with Crippen LogP contribution in [-0.4, -0.2) is 18.3 Å². The van der Waals surface area contributed by atoms with Gasteiger partial charge in [-0.1, -0.05) is 18.2 Å². The van der Waals surface area contributed by atoms with Crippen molar-refractivity contribution in [3.05, 3.63) is 65.0 Å². The van der Waals surface area contributed by atoms with Gasteiger partial charge in [-0.2, -0.15) is 0 Å². The topological polar surface area (TPSA) is 67.5 Å². The molecule has 1 amide bonds. The van der Waals surface area contributed by atoms with Crippen molar-refractivity contribution in [1.82, 2.24) is 5.32 Å². The minimum Gasteiger partial charge on any atom is -0.373 e. The predicted molar refractivity (Wildman–Crippen MR) is 97.6 cm³/mol. The first-order valence-electron chi connectivity index (χ1n) is 8.48. The van der Waals surface area contributed by atoms with Crippen molar-refractivity contribution < 1.29 is 9.18 Å². The summed E-state index contributed by atoms with van der Waals surface area (Å²) in [6.45, 7) is 2.62. The number of hydrogen-bond acceptors (Lipinski definition) is 2. The SMILES string of the molecule is CC(=Nc1ccc2c(c1)[C@H](C(N)=O)CC2)NCCc1ccc(F)cc1. The van der Waals surface area contributed by atoms with E-state index in [0.29, 0.717) is 0 Å². The summed E-state index contributed by atoms with van der Waals surface area (Å²) in [5.41, 5.74) is 9.57. The molecule has 5 heteroatoms. The molecular formula is C20H22FN3O. The van der Waals surface area contributed by atoms with Gasteiger partial charge in [0, 0.05) is 6.54 Å². The van der Waals surface area contributed by atoms with Crippen LogP contribution < -0.4 is 11.1 Å². The van der Waals surface area contributed by atoms with E-state index in [0.717, 1.165) is 48.5 Å². The number of primary amides is 1. The van der Waals surface area contributed by atoms with Gasteiger partial charge in [-0.25, -0.2) is 9.38 Å². The van der Waals surface area contributed by atoms with Gasteiger partial charge < -0.3 is 11.1 Å². The van der Waals surface area contributed by atoms with Crippen molar-refractivity contribution in [2.24, 2.45) is 10.7 Å². The van der Waals surface area contributed by atoms with E-state index in [9.17, 15) is 9.18 Å². The number of carbonyl (C=O) groups is 1. The Labute approximate surface area is 147 Å². The van der Waals surface area contributed by atoms with Crippen molar-refractivity contribution >= 4 is 17.4 Å². The van der Waals surface area contributed by atoms with Gasteiger partial charge in [-0.15, -0.1) is 0 Å². The molecule has 2 aromatic rings. The highest BCUT2D eigenvalue weighted by Crippen LogP contribution is 2.35. The second-order valence-corrected chi connectivity index (χ2v) is 6.38. The van der Waals surface area contributed by atoms with Gasteiger partial charge >= 0.3 is 0 Å². The van der Waals surface area contributed by atoms with Crippen LogP contribution in [0.25, 0.3) is 0 Å². The Kier molecular flexibility index (Phi) is 5.12. The second kappa shape index (κ2) is 7.47. The van der Waals surface area contributed by atoms with E-state index in [2.05, 4.69) is 10.3 Å². The summed E-state index contributed by atoms with van der Waals surface area (Å²) in [5, 5.41) is 3.26. The maximum atomic E-state index is 12.9. The third-order valence-electron chi connectivity index (χ3n) is 4.56. The molecule has 0 spiro atoms. The molecule has 2 aromatic carbocycles. The number of hydrogen-bond donors (Lipinski definition) is 2. The fraction of sp³-hybridized carbons (Fsp3) is 0.300. The summed E-state index contributed by atoms with van der Waals surface area (Å²) >= 11 is 0. The number of amidine groups is 1. The average Bonchev–Trinajstić information content (AvgIpc) is 3.00. The van der Waals surface area contributed by atoms with Gasteiger partial charge in [0.1, 0.15) is 5.82 Å². The molecule has 0 saturated heterocycles. The monoisotopic (exact) mass is 339 g/mol. The molecule has 0 fully saturated rings. The third-order valence-corrected chi connectivity index (χ3v) is 4.56. The molecule has 3 N–H and O–H groups in total. The highest BCUT2D eigenvalue weighted by molar-refractivity contribution is 5.85. The van der Waals surface area contributed by atoms with Gasteiger partial charge in [0.05, 0.1) is 17.4 Å². The standard InChI is InChI=1S/C20H22FN3O/c1-13(23-11-10-14-2-6-16(21)7-3-14)24-17-8-4-15-5-9-18(20(22)25)19(15)12-17/h2-4,6-8,12,18H,5,9-11H2,1H3,(H2,22,25)(H,23,24)/t18-/m1/s1. The summed E-state index contributed by atoms with van der Waals surface area (Å²) in [5.74, 6) is 0.113. The van der Waals surface area contributed by atoms with Crippen molar-refractivity contribution in [3.8, 4) is 0 Å². The Balaban J connectivity index is 1.61. The number of aryl methyl sites for hydroxylation is 1. The van der Waals surface area contributed by atoms with Crippen LogP contribution in [0.15, 0.2) is 47.5 Å². The van der Waals surface area contributed by atoms with E-state index < -0.39 is 0 Å². The maximum Gasteiger partial charge on any atom is 0.224 e. The second-order valence-electron chi connectivity index (χ2n) is 6.38. The summed E-state index contributed by atoms with van der Waals surface area (Å²) in [6.07, 6.45) is 2.47. The summed E-state index contributed by atoms with van der Waals surface area (Å²) in [7, 11) is 0. The Hall–Kier alpha value is -2.69. The lowest BCUT2D eigenvalue weighted by molar-refractivity contribution is -0.119. The molecule has 0 unspecified atom stereocenters. The van der Waals surface area contributed by atoms with Crippen LogP contribution in [0.1, 0.15) is 36.0 Å². The van der Waals surface area contributed by atoms with E-state index in [-0.39, 0.29) is 17.6 Å². The zero-order valence-electron chi connectivity index (χ0n) is 14.3. The van der Waals surface area contributed by atoms with Gasteiger partial charge in [-0.05, 0) is 67.1 Å². The molecule has 4 nitrogen and oxygen atoms in total. The van der Waals surface area contributed by atoms with Crippen molar-refractivity contribution in [3.63, 3.8) is 0 Å². The van der Waals surface area contributed by atoms with Gasteiger partial charge in [0.15, 0.2) is 0 Å². The molecule has 1 aliphatic carbocycles. The molecule has 0 heterocycles. The van der Waals surface area contributed by atoms with Crippen LogP contribution in [0.3, 0.4) is 0 Å². The van der Waals surface area contributed by atoms with Crippen LogP contribution in [0.2, 0.25) is 0 Å². The number of benzene rings is 2. The first-order chi connectivity index (χ1) is 12.0. The van der Waals surface area contributed by atoms with Gasteiger partial charge in [-0.3, -0.25) is 4.79 Å². The fourth-order valence-electron chi connectivity index (χ4n) is 3.23. The van der Waals surface area contributed by atoms with Crippen molar-refractivity contribution in [2.75, 3.05) is 6.54 Å². The maximum absolute atomic E-state index is 12.9. The van der Waals surface area contributed by atoms with E-state index in [1.54, 1.807) is 12.1 Å². The van der Waals surface area contributed by atoms with E-state index in [1.165, 1.54) is 17.7 Å². The number of nitrogens with zero attached hydrogens (tertiary/aromatic N) is 1. The number of rotatable bonds is 5. The summed E-state index contributed by atoms with van der Waals surface area (Å²) in [6, 6.07) is 12.5. The molecule has 0 bridgehead atoms. The van der Waals surface area contributed by atoms with Crippen molar-refractivity contribution in [1.29, 1.82) is 0 Å². The quantitative estimate of drug-likeness (QED) is 0.649. The van der Waals surface area contributed by atoms with Crippen LogP contribution in [0.4, 0.5) is 10.1 Å². The minimum atomic E-state index is -0.269. The lowest BCUT2D eigenvalue weighted by atomic mass is 10.0. The zero-order valence-corrected chi connectivity index (χ0v) is 14.3. The summed E-state index contributed by atoms with van der Waals surface area (Å²) < 4.78 is 12.9. The molecule has 0 aromatic heterocycles. The molecule has 25 heavy (non-hydrogen) atoms. The number of nitrogens with one attached hydrogen (secondary N) is 1.